The Labute approximate surface area is 149 Å². The standard InChI is InChI=1S/C18H15N5OS/c1-12-5-4-7-13(9-12)17-21-18(23-22-17)25-11-16(24)20-15-8-3-2-6-14(15)10-19/h2-9H,11H2,1H3,(H,20,24)(H,21,22,23). The maximum absolute atomic E-state index is 12.1. The van der Waals surface area contributed by atoms with Crippen molar-refractivity contribution in [3.63, 3.8) is 0 Å². The summed E-state index contributed by atoms with van der Waals surface area (Å²) in [5, 5.41) is 19.3. The molecule has 2 aromatic carbocycles. The molecular formula is C18H15N5OS. The first kappa shape index (κ1) is 16.7. The van der Waals surface area contributed by atoms with Crippen molar-refractivity contribution in [2.45, 2.75) is 12.1 Å². The topological polar surface area (TPSA) is 94.5 Å². The smallest absolute Gasteiger partial charge is 0.234 e. The van der Waals surface area contributed by atoms with Crippen LogP contribution in [0.3, 0.4) is 0 Å². The average Bonchev–Trinajstić information content (AvgIpc) is 3.09. The van der Waals surface area contributed by atoms with Crippen molar-refractivity contribution in [1.82, 2.24) is 15.2 Å². The molecule has 0 aliphatic carbocycles. The van der Waals surface area contributed by atoms with Gasteiger partial charge in [0.1, 0.15) is 6.07 Å². The molecule has 1 aromatic heterocycles. The van der Waals surface area contributed by atoms with E-state index in [-0.39, 0.29) is 11.7 Å². The van der Waals surface area contributed by atoms with Gasteiger partial charge in [-0.15, -0.1) is 5.10 Å². The summed E-state index contributed by atoms with van der Waals surface area (Å²) in [4.78, 5) is 16.5. The number of aromatic nitrogens is 3. The number of nitrogens with one attached hydrogen (secondary N) is 2. The van der Waals surface area contributed by atoms with E-state index in [0.717, 1.165) is 11.1 Å². The van der Waals surface area contributed by atoms with Crippen LogP contribution >= 0.6 is 11.8 Å². The second-order valence-corrected chi connectivity index (χ2v) is 6.27. The molecule has 0 aliphatic rings. The third-order valence-corrected chi connectivity index (χ3v) is 4.26. The van der Waals surface area contributed by atoms with Gasteiger partial charge in [-0.3, -0.25) is 9.89 Å². The van der Waals surface area contributed by atoms with E-state index in [9.17, 15) is 4.79 Å². The Morgan fingerprint density at radius 2 is 2.12 bits per heavy atom. The number of hydrogen-bond acceptors (Lipinski definition) is 5. The van der Waals surface area contributed by atoms with Gasteiger partial charge in [-0.1, -0.05) is 47.7 Å². The molecule has 1 amide bonds. The van der Waals surface area contributed by atoms with Crippen LogP contribution in [0, 0.1) is 18.3 Å². The van der Waals surface area contributed by atoms with Crippen molar-refractivity contribution >= 4 is 23.4 Å². The molecule has 0 spiro atoms. The lowest BCUT2D eigenvalue weighted by Gasteiger charge is -2.05. The van der Waals surface area contributed by atoms with Crippen LogP contribution in [0.2, 0.25) is 0 Å². The number of rotatable bonds is 5. The van der Waals surface area contributed by atoms with E-state index in [1.165, 1.54) is 11.8 Å². The molecule has 0 aliphatic heterocycles. The van der Waals surface area contributed by atoms with Gasteiger partial charge in [0.05, 0.1) is 17.0 Å². The minimum Gasteiger partial charge on any atom is -0.324 e. The Morgan fingerprint density at radius 1 is 1.28 bits per heavy atom. The van der Waals surface area contributed by atoms with Gasteiger partial charge in [-0.05, 0) is 25.1 Å². The van der Waals surface area contributed by atoms with Crippen LogP contribution in [-0.2, 0) is 4.79 Å². The number of benzene rings is 2. The fourth-order valence-corrected chi connectivity index (χ4v) is 2.84. The first-order chi connectivity index (χ1) is 12.2. The quantitative estimate of drug-likeness (QED) is 0.689. The molecule has 0 atom stereocenters. The monoisotopic (exact) mass is 349 g/mol. The maximum atomic E-state index is 12.1. The van der Waals surface area contributed by atoms with Crippen LogP contribution in [0.15, 0.2) is 53.7 Å². The van der Waals surface area contributed by atoms with Gasteiger partial charge in [0, 0.05) is 5.56 Å². The number of nitrogens with zero attached hydrogens (tertiary/aromatic N) is 3. The highest BCUT2D eigenvalue weighted by Crippen LogP contribution is 2.20. The summed E-state index contributed by atoms with van der Waals surface area (Å²) < 4.78 is 0. The lowest BCUT2D eigenvalue weighted by molar-refractivity contribution is -0.113. The minimum absolute atomic E-state index is 0.158. The summed E-state index contributed by atoms with van der Waals surface area (Å²) in [6.07, 6.45) is 0. The molecule has 124 valence electrons. The second-order valence-electron chi connectivity index (χ2n) is 5.33. The second kappa shape index (κ2) is 7.64. The van der Waals surface area contributed by atoms with E-state index in [2.05, 4.69) is 20.5 Å². The highest BCUT2D eigenvalue weighted by atomic mass is 32.2. The number of aryl methyl sites for hydroxylation is 1. The summed E-state index contributed by atoms with van der Waals surface area (Å²) >= 11 is 1.23. The summed E-state index contributed by atoms with van der Waals surface area (Å²) in [6.45, 7) is 2.01. The molecule has 1 heterocycles. The molecular weight excluding hydrogens is 334 g/mol. The van der Waals surface area contributed by atoms with Crippen molar-refractivity contribution in [3.8, 4) is 17.5 Å². The van der Waals surface area contributed by atoms with Crippen LogP contribution in [0.4, 0.5) is 5.69 Å². The summed E-state index contributed by atoms with van der Waals surface area (Å²) in [7, 11) is 0. The van der Waals surface area contributed by atoms with Gasteiger partial charge in [0.2, 0.25) is 11.1 Å². The molecule has 7 heteroatoms. The van der Waals surface area contributed by atoms with Crippen LogP contribution in [0.1, 0.15) is 11.1 Å². The van der Waals surface area contributed by atoms with E-state index in [0.29, 0.717) is 22.2 Å². The molecule has 0 radical (unpaired) electrons. The average molecular weight is 349 g/mol. The third-order valence-electron chi connectivity index (χ3n) is 3.41. The number of H-pyrrole nitrogens is 1. The molecule has 0 fully saturated rings. The first-order valence-electron chi connectivity index (χ1n) is 7.57. The molecule has 0 saturated heterocycles. The Kier molecular flexibility index (Phi) is 5.11. The number of amides is 1. The van der Waals surface area contributed by atoms with E-state index in [1.54, 1.807) is 24.3 Å². The Hall–Kier alpha value is -3.11. The fourth-order valence-electron chi connectivity index (χ4n) is 2.24. The molecule has 0 unspecified atom stereocenters. The number of aromatic amines is 1. The normalized spacial score (nSPS) is 10.2. The molecule has 0 bridgehead atoms. The lowest BCUT2D eigenvalue weighted by atomic mass is 10.1. The zero-order chi connectivity index (χ0) is 17.6. The molecule has 0 saturated carbocycles. The van der Waals surface area contributed by atoms with Crippen molar-refractivity contribution in [2.24, 2.45) is 0 Å². The van der Waals surface area contributed by atoms with Crippen LogP contribution < -0.4 is 5.32 Å². The van der Waals surface area contributed by atoms with Crippen molar-refractivity contribution < 1.29 is 4.79 Å². The number of anilines is 1. The lowest BCUT2D eigenvalue weighted by Crippen LogP contribution is -2.15. The molecule has 3 aromatic rings. The maximum Gasteiger partial charge on any atom is 0.234 e. The van der Waals surface area contributed by atoms with Gasteiger partial charge in [0.25, 0.3) is 0 Å². The van der Waals surface area contributed by atoms with Crippen molar-refractivity contribution in [3.05, 3.63) is 59.7 Å². The SMILES string of the molecule is Cc1cccc(-c2nc(SCC(=O)Nc3ccccc3C#N)n[nH]2)c1. The van der Waals surface area contributed by atoms with E-state index >= 15 is 0 Å². The number of thioether (sulfide) groups is 1. The zero-order valence-electron chi connectivity index (χ0n) is 13.5. The largest absolute Gasteiger partial charge is 0.324 e. The predicted molar refractivity (Wildman–Crippen MR) is 97.1 cm³/mol. The van der Waals surface area contributed by atoms with Crippen molar-refractivity contribution in [2.75, 3.05) is 11.1 Å². The minimum atomic E-state index is -0.213. The Bertz CT molecular complexity index is 944. The Morgan fingerprint density at radius 3 is 2.92 bits per heavy atom. The van der Waals surface area contributed by atoms with Gasteiger partial charge in [-0.2, -0.15) is 5.26 Å². The van der Waals surface area contributed by atoms with Gasteiger partial charge < -0.3 is 5.32 Å². The number of nitriles is 1. The Balaban J connectivity index is 1.61. The fraction of sp³-hybridized carbons (Fsp3) is 0.111. The summed E-state index contributed by atoms with van der Waals surface area (Å²) in [5.41, 5.74) is 3.02. The number of carbonyl (C=O) groups is 1. The highest BCUT2D eigenvalue weighted by Gasteiger charge is 2.10. The molecule has 25 heavy (non-hydrogen) atoms. The number of para-hydroxylation sites is 1. The first-order valence-corrected chi connectivity index (χ1v) is 8.55. The van der Waals surface area contributed by atoms with E-state index in [4.69, 9.17) is 5.26 Å². The predicted octanol–water partition coefficient (Wildman–Crippen LogP) is 3.38. The number of carbonyl (C=O) groups excluding carboxylic acids is 1. The number of hydrogen-bond donors (Lipinski definition) is 2. The van der Waals surface area contributed by atoms with Gasteiger partial charge in [0.15, 0.2) is 5.82 Å². The van der Waals surface area contributed by atoms with Crippen LogP contribution in [0.25, 0.3) is 11.4 Å². The summed E-state index contributed by atoms with van der Waals surface area (Å²) in [5.74, 6) is 0.612. The molecule has 2 N–H and O–H groups in total. The molecule has 3 rings (SSSR count). The van der Waals surface area contributed by atoms with Crippen molar-refractivity contribution in [1.29, 1.82) is 5.26 Å². The highest BCUT2D eigenvalue weighted by molar-refractivity contribution is 7.99. The summed E-state index contributed by atoms with van der Waals surface area (Å²) in [6, 6.07) is 16.9. The van der Waals surface area contributed by atoms with Gasteiger partial charge in [-0.25, -0.2) is 4.98 Å². The van der Waals surface area contributed by atoms with E-state index in [1.807, 2.05) is 37.3 Å². The van der Waals surface area contributed by atoms with Gasteiger partial charge >= 0.3 is 0 Å². The molecule has 6 nitrogen and oxygen atoms in total. The van der Waals surface area contributed by atoms with E-state index < -0.39 is 0 Å². The zero-order valence-corrected chi connectivity index (χ0v) is 14.3. The van der Waals surface area contributed by atoms with Crippen LogP contribution in [-0.4, -0.2) is 26.8 Å². The third kappa shape index (κ3) is 4.25. The van der Waals surface area contributed by atoms with Crippen LogP contribution in [0.5, 0.6) is 0 Å².